The van der Waals surface area contributed by atoms with E-state index in [-0.39, 0.29) is 5.91 Å². The molecule has 144 valence electrons. The fraction of sp³-hybridized carbons (Fsp3) is 0.304. The topological polar surface area (TPSA) is 60.5 Å². The lowest BCUT2D eigenvalue weighted by Gasteiger charge is -2.10. The van der Waals surface area contributed by atoms with Crippen LogP contribution in [0.3, 0.4) is 0 Å². The number of carbonyl (C=O) groups is 1. The summed E-state index contributed by atoms with van der Waals surface area (Å²) in [5, 5.41) is 5.30. The van der Waals surface area contributed by atoms with Gasteiger partial charge in [0.1, 0.15) is 11.4 Å². The summed E-state index contributed by atoms with van der Waals surface area (Å²) in [6, 6.07) is 18.0. The van der Waals surface area contributed by atoms with Crippen LogP contribution in [0.1, 0.15) is 22.5 Å². The summed E-state index contributed by atoms with van der Waals surface area (Å²) < 4.78 is 11.2. The fourth-order valence-corrected chi connectivity index (χ4v) is 3.32. The first kappa shape index (κ1) is 18.4. The minimum atomic E-state index is -0.133. The first-order chi connectivity index (χ1) is 13.8. The molecule has 1 amide bonds. The van der Waals surface area contributed by atoms with Gasteiger partial charge in [-0.2, -0.15) is 0 Å². The second-order valence-electron chi connectivity index (χ2n) is 7.10. The van der Waals surface area contributed by atoms with Crippen molar-refractivity contribution in [1.82, 2.24) is 10.3 Å². The third-order valence-corrected chi connectivity index (χ3v) is 5.01. The van der Waals surface area contributed by atoms with E-state index in [9.17, 15) is 4.79 Å². The Morgan fingerprint density at radius 3 is 2.82 bits per heavy atom. The van der Waals surface area contributed by atoms with E-state index in [0.29, 0.717) is 24.8 Å². The molecule has 5 nitrogen and oxygen atoms in total. The summed E-state index contributed by atoms with van der Waals surface area (Å²) >= 11 is 0. The van der Waals surface area contributed by atoms with Gasteiger partial charge in [0.05, 0.1) is 13.2 Å². The molecule has 1 unspecified atom stereocenters. The van der Waals surface area contributed by atoms with Crippen molar-refractivity contribution in [2.45, 2.75) is 12.8 Å². The molecular weight excluding hydrogens is 352 g/mol. The quantitative estimate of drug-likeness (QED) is 0.684. The smallest absolute Gasteiger partial charge is 0.269 e. The highest BCUT2D eigenvalue weighted by atomic mass is 16.5. The lowest BCUT2D eigenvalue weighted by atomic mass is 10.1. The summed E-state index contributed by atoms with van der Waals surface area (Å²) in [4.78, 5) is 16.5. The van der Waals surface area contributed by atoms with E-state index in [0.717, 1.165) is 37.4 Å². The molecular formula is C23H24N2O3. The Morgan fingerprint density at radius 2 is 2.04 bits per heavy atom. The van der Waals surface area contributed by atoms with Crippen molar-refractivity contribution in [1.29, 1.82) is 0 Å². The van der Waals surface area contributed by atoms with Crippen LogP contribution in [0.2, 0.25) is 0 Å². The van der Waals surface area contributed by atoms with Crippen molar-refractivity contribution in [2.75, 3.05) is 26.4 Å². The zero-order valence-electron chi connectivity index (χ0n) is 15.8. The number of fused-ring (bicyclic) bond motifs is 1. The summed E-state index contributed by atoms with van der Waals surface area (Å²) in [6.07, 6.45) is 3.49. The number of rotatable bonds is 7. The van der Waals surface area contributed by atoms with Gasteiger partial charge in [0.2, 0.25) is 0 Å². The summed E-state index contributed by atoms with van der Waals surface area (Å²) in [6.45, 7) is 2.72. The van der Waals surface area contributed by atoms with Gasteiger partial charge < -0.3 is 14.8 Å². The van der Waals surface area contributed by atoms with Crippen LogP contribution in [-0.4, -0.2) is 37.3 Å². The molecule has 3 aromatic rings. The van der Waals surface area contributed by atoms with Crippen molar-refractivity contribution in [3.63, 3.8) is 0 Å². The lowest BCUT2D eigenvalue weighted by molar-refractivity contribution is 0.0940. The van der Waals surface area contributed by atoms with Crippen molar-refractivity contribution >= 4 is 16.7 Å². The standard InChI is InChI=1S/C23H24N2O3/c26-23(25-15-18-9-11-27-16-18)22-8-5-17(14-24-22)10-12-28-21-7-6-19-3-1-2-4-20(19)13-21/h1-8,13-14,18H,9-12,15-16H2,(H,25,26). The van der Waals surface area contributed by atoms with Crippen LogP contribution >= 0.6 is 0 Å². The molecule has 0 saturated carbocycles. The number of benzene rings is 2. The predicted octanol–water partition coefficient (Wildman–Crippen LogP) is 3.62. The number of nitrogens with zero attached hydrogens (tertiary/aromatic N) is 1. The normalized spacial score (nSPS) is 16.2. The molecule has 1 aromatic heterocycles. The zero-order valence-corrected chi connectivity index (χ0v) is 15.8. The molecule has 2 heterocycles. The van der Waals surface area contributed by atoms with E-state index in [1.165, 1.54) is 10.8 Å². The monoisotopic (exact) mass is 376 g/mol. The molecule has 0 spiro atoms. The fourth-order valence-electron chi connectivity index (χ4n) is 3.32. The molecule has 1 aliphatic rings. The van der Waals surface area contributed by atoms with Gasteiger partial charge in [-0.1, -0.05) is 36.4 Å². The molecule has 5 heteroatoms. The van der Waals surface area contributed by atoms with Gasteiger partial charge in [0.15, 0.2) is 0 Å². The van der Waals surface area contributed by atoms with Crippen LogP contribution in [0.4, 0.5) is 0 Å². The molecule has 0 bridgehead atoms. The number of hydrogen-bond donors (Lipinski definition) is 1. The molecule has 28 heavy (non-hydrogen) atoms. The zero-order chi connectivity index (χ0) is 19.2. The Kier molecular flexibility index (Phi) is 5.83. The van der Waals surface area contributed by atoms with Crippen LogP contribution < -0.4 is 10.1 Å². The van der Waals surface area contributed by atoms with Gasteiger partial charge in [-0.05, 0) is 41.0 Å². The number of aromatic nitrogens is 1. The first-order valence-corrected chi connectivity index (χ1v) is 9.70. The molecule has 1 fully saturated rings. The van der Waals surface area contributed by atoms with E-state index >= 15 is 0 Å². The third-order valence-electron chi connectivity index (χ3n) is 5.01. The number of nitrogens with one attached hydrogen (secondary N) is 1. The molecule has 1 saturated heterocycles. The maximum atomic E-state index is 12.2. The lowest BCUT2D eigenvalue weighted by Crippen LogP contribution is -2.30. The van der Waals surface area contributed by atoms with E-state index < -0.39 is 0 Å². The summed E-state index contributed by atoms with van der Waals surface area (Å²) in [7, 11) is 0. The molecule has 1 N–H and O–H groups in total. The van der Waals surface area contributed by atoms with Gasteiger partial charge in [0, 0.05) is 31.7 Å². The van der Waals surface area contributed by atoms with Crippen LogP contribution in [0.25, 0.3) is 10.8 Å². The van der Waals surface area contributed by atoms with E-state index in [2.05, 4.69) is 34.6 Å². The van der Waals surface area contributed by atoms with Crippen LogP contribution in [0, 0.1) is 5.92 Å². The van der Waals surface area contributed by atoms with Gasteiger partial charge in [-0.25, -0.2) is 0 Å². The van der Waals surface area contributed by atoms with Gasteiger partial charge in [-0.15, -0.1) is 0 Å². The highest BCUT2D eigenvalue weighted by Gasteiger charge is 2.17. The molecule has 0 radical (unpaired) electrons. The number of ether oxygens (including phenoxy) is 2. The molecule has 1 atom stereocenters. The Morgan fingerprint density at radius 1 is 1.14 bits per heavy atom. The third kappa shape index (κ3) is 4.67. The minimum Gasteiger partial charge on any atom is -0.493 e. The van der Waals surface area contributed by atoms with E-state index in [1.807, 2.05) is 24.3 Å². The molecule has 2 aromatic carbocycles. The van der Waals surface area contributed by atoms with Crippen molar-refractivity contribution < 1.29 is 14.3 Å². The van der Waals surface area contributed by atoms with E-state index in [1.54, 1.807) is 12.3 Å². The minimum absolute atomic E-state index is 0.133. The number of carbonyl (C=O) groups excluding carboxylic acids is 1. The number of pyridine rings is 1. The van der Waals surface area contributed by atoms with Crippen molar-refractivity contribution in [3.05, 3.63) is 72.1 Å². The SMILES string of the molecule is O=C(NCC1CCOC1)c1ccc(CCOc2ccc3ccccc3c2)cn1. The van der Waals surface area contributed by atoms with Crippen molar-refractivity contribution in [2.24, 2.45) is 5.92 Å². The largest absolute Gasteiger partial charge is 0.493 e. The molecule has 1 aliphatic heterocycles. The first-order valence-electron chi connectivity index (χ1n) is 9.70. The van der Waals surface area contributed by atoms with Crippen molar-refractivity contribution in [3.8, 4) is 5.75 Å². The van der Waals surface area contributed by atoms with E-state index in [4.69, 9.17) is 9.47 Å². The van der Waals surface area contributed by atoms with Crippen LogP contribution in [-0.2, 0) is 11.2 Å². The number of hydrogen-bond acceptors (Lipinski definition) is 4. The molecule has 4 rings (SSSR count). The Balaban J connectivity index is 1.26. The second kappa shape index (κ2) is 8.85. The molecule has 0 aliphatic carbocycles. The Labute approximate surface area is 164 Å². The van der Waals surface area contributed by atoms with Gasteiger partial charge in [0.25, 0.3) is 5.91 Å². The maximum Gasteiger partial charge on any atom is 0.269 e. The number of amides is 1. The van der Waals surface area contributed by atoms with Gasteiger partial charge in [-0.3, -0.25) is 9.78 Å². The summed E-state index contributed by atoms with van der Waals surface area (Å²) in [5.74, 6) is 1.14. The predicted molar refractivity (Wildman–Crippen MR) is 109 cm³/mol. The summed E-state index contributed by atoms with van der Waals surface area (Å²) in [5.41, 5.74) is 1.49. The average Bonchev–Trinajstić information content (AvgIpc) is 3.26. The maximum absolute atomic E-state index is 12.2. The average molecular weight is 376 g/mol. The second-order valence-corrected chi connectivity index (χ2v) is 7.10. The van der Waals surface area contributed by atoms with Gasteiger partial charge >= 0.3 is 0 Å². The Hall–Kier alpha value is -2.92. The van der Waals surface area contributed by atoms with Crippen LogP contribution in [0.5, 0.6) is 5.75 Å². The van der Waals surface area contributed by atoms with Crippen LogP contribution in [0.15, 0.2) is 60.8 Å². The highest BCUT2D eigenvalue weighted by molar-refractivity contribution is 5.92. The Bertz CT molecular complexity index is 934. The highest BCUT2D eigenvalue weighted by Crippen LogP contribution is 2.20.